The van der Waals surface area contributed by atoms with Gasteiger partial charge in [0.25, 0.3) is 0 Å². The Hall–Kier alpha value is -1.31. The van der Waals surface area contributed by atoms with Crippen LogP contribution in [0.5, 0.6) is 5.75 Å². The molecule has 0 aromatic heterocycles. The van der Waals surface area contributed by atoms with Crippen molar-refractivity contribution in [1.29, 1.82) is 0 Å². The van der Waals surface area contributed by atoms with E-state index in [0.29, 0.717) is 5.92 Å². The first kappa shape index (κ1) is 15.7. The van der Waals surface area contributed by atoms with Crippen LogP contribution in [0.2, 0.25) is 0 Å². The van der Waals surface area contributed by atoms with E-state index >= 15 is 0 Å². The third-order valence-corrected chi connectivity index (χ3v) is 3.30. The molecule has 0 radical (unpaired) electrons. The van der Waals surface area contributed by atoms with E-state index in [9.17, 15) is 4.79 Å². The Morgan fingerprint density at radius 3 is 2.53 bits per heavy atom. The van der Waals surface area contributed by atoms with Gasteiger partial charge in [-0.2, -0.15) is 0 Å². The van der Waals surface area contributed by atoms with Gasteiger partial charge in [-0.3, -0.25) is 4.79 Å². The van der Waals surface area contributed by atoms with Gasteiger partial charge in [0, 0.05) is 5.56 Å². The van der Waals surface area contributed by atoms with Crippen molar-refractivity contribution in [2.24, 2.45) is 0 Å². The van der Waals surface area contributed by atoms with E-state index in [2.05, 4.69) is 20.8 Å². The first-order chi connectivity index (χ1) is 9.19. The standard InChI is InChI=1S/C17H26O2/c1-4-5-6-7-8-11-19-17-10-9-15(13-18)12-16(17)14(2)3/h9-10,12-14H,4-8,11H2,1-3H3. The second-order valence-corrected chi connectivity index (χ2v) is 5.33. The number of carbonyl (C=O) groups excluding carboxylic acids is 1. The highest BCUT2D eigenvalue weighted by atomic mass is 16.5. The van der Waals surface area contributed by atoms with Crippen LogP contribution in [-0.2, 0) is 0 Å². The summed E-state index contributed by atoms with van der Waals surface area (Å²) in [5.41, 5.74) is 1.84. The second-order valence-electron chi connectivity index (χ2n) is 5.33. The molecule has 106 valence electrons. The monoisotopic (exact) mass is 262 g/mol. The van der Waals surface area contributed by atoms with Gasteiger partial charge < -0.3 is 4.74 Å². The summed E-state index contributed by atoms with van der Waals surface area (Å²) in [6, 6.07) is 5.68. The van der Waals surface area contributed by atoms with Crippen molar-refractivity contribution in [3.05, 3.63) is 29.3 Å². The second kappa shape index (κ2) is 8.73. The minimum absolute atomic E-state index is 0.370. The molecule has 0 atom stereocenters. The van der Waals surface area contributed by atoms with Crippen LogP contribution < -0.4 is 4.74 Å². The zero-order valence-electron chi connectivity index (χ0n) is 12.4. The summed E-state index contributed by atoms with van der Waals surface area (Å²) in [7, 11) is 0. The van der Waals surface area contributed by atoms with Crippen LogP contribution in [-0.4, -0.2) is 12.9 Å². The SMILES string of the molecule is CCCCCCCOc1ccc(C=O)cc1C(C)C. The van der Waals surface area contributed by atoms with Gasteiger partial charge in [-0.05, 0) is 36.1 Å². The molecule has 0 aliphatic rings. The van der Waals surface area contributed by atoms with E-state index in [1.165, 1.54) is 25.7 Å². The highest BCUT2D eigenvalue weighted by Crippen LogP contribution is 2.27. The van der Waals surface area contributed by atoms with Gasteiger partial charge in [0.15, 0.2) is 0 Å². The van der Waals surface area contributed by atoms with Crippen molar-refractivity contribution in [3.8, 4) is 5.75 Å². The predicted molar refractivity (Wildman–Crippen MR) is 80.2 cm³/mol. The maximum absolute atomic E-state index is 10.8. The molecule has 0 aliphatic heterocycles. The maximum Gasteiger partial charge on any atom is 0.150 e. The fourth-order valence-electron chi connectivity index (χ4n) is 2.11. The van der Waals surface area contributed by atoms with E-state index in [0.717, 1.165) is 36.2 Å². The average Bonchev–Trinajstić information content (AvgIpc) is 2.42. The highest BCUT2D eigenvalue weighted by molar-refractivity contribution is 5.75. The Bertz CT molecular complexity index is 383. The first-order valence-electron chi connectivity index (χ1n) is 7.41. The van der Waals surface area contributed by atoms with Crippen molar-refractivity contribution in [2.75, 3.05) is 6.61 Å². The van der Waals surface area contributed by atoms with Crippen molar-refractivity contribution in [3.63, 3.8) is 0 Å². The molecule has 1 aromatic rings. The van der Waals surface area contributed by atoms with Crippen LogP contribution in [0.4, 0.5) is 0 Å². The number of unbranched alkanes of at least 4 members (excludes halogenated alkanes) is 4. The molecule has 2 nitrogen and oxygen atoms in total. The van der Waals surface area contributed by atoms with Gasteiger partial charge in [-0.1, -0.05) is 46.5 Å². The third kappa shape index (κ3) is 5.46. The lowest BCUT2D eigenvalue weighted by molar-refractivity contribution is 0.112. The van der Waals surface area contributed by atoms with Crippen molar-refractivity contribution in [1.82, 2.24) is 0 Å². The molecule has 0 saturated carbocycles. The summed E-state index contributed by atoms with van der Waals surface area (Å²) in [5.74, 6) is 1.30. The lowest BCUT2D eigenvalue weighted by Crippen LogP contribution is -2.02. The van der Waals surface area contributed by atoms with Gasteiger partial charge >= 0.3 is 0 Å². The first-order valence-corrected chi connectivity index (χ1v) is 7.41. The number of benzene rings is 1. The normalized spacial score (nSPS) is 10.7. The summed E-state index contributed by atoms with van der Waals surface area (Å²) < 4.78 is 5.86. The third-order valence-electron chi connectivity index (χ3n) is 3.30. The molecule has 1 aromatic carbocycles. The maximum atomic E-state index is 10.8. The Kier molecular flexibility index (Phi) is 7.24. The molecule has 0 N–H and O–H groups in total. The molecule has 0 amide bonds. The van der Waals surface area contributed by atoms with Gasteiger partial charge in [0.05, 0.1) is 6.61 Å². The minimum atomic E-state index is 0.370. The molecular weight excluding hydrogens is 236 g/mol. The largest absolute Gasteiger partial charge is 0.493 e. The van der Waals surface area contributed by atoms with Crippen molar-refractivity contribution in [2.45, 2.75) is 58.8 Å². The van der Waals surface area contributed by atoms with Gasteiger partial charge in [-0.15, -0.1) is 0 Å². The van der Waals surface area contributed by atoms with E-state index in [1.807, 2.05) is 18.2 Å². The van der Waals surface area contributed by atoms with E-state index in [4.69, 9.17) is 4.74 Å². The Labute approximate surface area is 117 Å². The smallest absolute Gasteiger partial charge is 0.150 e. The number of hydrogen-bond acceptors (Lipinski definition) is 2. The summed E-state index contributed by atoms with van der Waals surface area (Å²) in [6.45, 7) is 7.24. The summed E-state index contributed by atoms with van der Waals surface area (Å²) in [5, 5.41) is 0. The molecule has 0 bridgehead atoms. The summed E-state index contributed by atoms with van der Waals surface area (Å²) in [4.78, 5) is 10.8. The predicted octanol–water partition coefficient (Wildman–Crippen LogP) is 4.97. The fraction of sp³-hybridized carbons (Fsp3) is 0.588. The Balaban J connectivity index is 2.50. The topological polar surface area (TPSA) is 26.3 Å². The van der Waals surface area contributed by atoms with Crippen LogP contribution in [0.1, 0.15) is 74.7 Å². The van der Waals surface area contributed by atoms with Gasteiger partial charge in [-0.25, -0.2) is 0 Å². The molecule has 0 saturated heterocycles. The van der Waals surface area contributed by atoms with Crippen LogP contribution in [0.15, 0.2) is 18.2 Å². The number of ether oxygens (including phenoxy) is 1. The van der Waals surface area contributed by atoms with E-state index in [1.54, 1.807) is 0 Å². The van der Waals surface area contributed by atoms with Crippen LogP contribution >= 0.6 is 0 Å². The quantitative estimate of drug-likeness (QED) is 0.464. The van der Waals surface area contributed by atoms with Gasteiger partial charge in [0.1, 0.15) is 12.0 Å². The average molecular weight is 262 g/mol. The van der Waals surface area contributed by atoms with Crippen molar-refractivity contribution < 1.29 is 9.53 Å². The molecule has 1 rings (SSSR count). The number of rotatable bonds is 9. The zero-order valence-corrected chi connectivity index (χ0v) is 12.4. The number of aldehydes is 1. The number of carbonyl (C=O) groups is 1. The Morgan fingerprint density at radius 1 is 1.16 bits per heavy atom. The van der Waals surface area contributed by atoms with Crippen molar-refractivity contribution >= 4 is 6.29 Å². The number of hydrogen-bond donors (Lipinski definition) is 0. The molecule has 0 fully saturated rings. The van der Waals surface area contributed by atoms with Gasteiger partial charge in [0.2, 0.25) is 0 Å². The lowest BCUT2D eigenvalue weighted by atomic mass is 10.00. The van der Waals surface area contributed by atoms with E-state index in [-0.39, 0.29) is 0 Å². The molecule has 0 aliphatic carbocycles. The molecule has 2 heteroatoms. The van der Waals surface area contributed by atoms with Crippen LogP contribution in [0, 0.1) is 0 Å². The lowest BCUT2D eigenvalue weighted by Gasteiger charge is -2.14. The molecule has 0 unspecified atom stereocenters. The van der Waals surface area contributed by atoms with Crippen LogP contribution in [0.25, 0.3) is 0 Å². The summed E-state index contributed by atoms with van der Waals surface area (Å²) in [6.07, 6.45) is 7.10. The fourth-order valence-corrected chi connectivity index (χ4v) is 2.11. The zero-order chi connectivity index (χ0) is 14.1. The molecule has 0 spiro atoms. The van der Waals surface area contributed by atoms with Crippen LogP contribution in [0.3, 0.4) is 0 Å². The summed E-state index contributed by atoms with van der Waals surface area (Å²) >= 11 is 0. The molecular formula is C17H26O2. The highest BCUT2D eigenvalue weighted by Gasteiger charge is 2.08. The molecule has 19 heavy (non-hydrogen) atoms. The molecule has 0 heterocycles. The Morgan fingerprint density at radius 2 is 1.89 bits per heavy atom. The minimum Gasteiger partial charge on any atom is -0.493 e. The van der Waals surface area contributed by atoms with E-state index < -0.39 is 0 Å².